The van der Waals surface area contributed by atoms with Crippen molar-refractivity contribution >= 4 is 0 Å². The van der Waals surface area contributed by atoms with Crippen molar-refractivity contribution < 1.29 is 0 Å². The molecule has 0 aromatic rings. The van der Waals surface area contributed by atoms with Crippen LogP contribution in [0.5, 0.6) is 0 Å². The molecule has 0 heterocycles. The van der Waals surface area contributed by atoms with E-state index in [2.05, 4.69) is 44.8 Å². The first-order chi connectivity index (χ1) is 5.54. The average molecular weight is 172 g/mol. The smallest absolute Gasteiger partial charge is 0.0220 e. The number of hydrogen-bond acceptors (Lipinski definition) is 2. The van der Waals surface area contributed by atoms with Gasteiger partial charge in [-0.25, -0.2) is 0 Å². The minimum absolute atomic E-state index is 0.562. The lowest BCUT2D eigenvalue weighted by atomic mass is 10.1. The molecule has 0 aromatic carbocycles. The summed E-state index contributed by atoms with van der Waals surface area (Å²) in [5.74, 6) is 0. The molecule has 2 unspecified atom stereocenters. The second-order valence-electron chi connectivity index (χ2n) is 3.74. The van der Waals surface area contributed by atoms with Gasteiger partial charge in [-0.2, -0.15) is 0 Å². The van der Waals surface area contributed by atoms with Gasteiger partial charge in [0.05, 0.1) is 0 Å². The van der Waals surface area contributed by atoms with E-state index in [1.54, 1.807) is 0 Å². The maximum atomic E-state index is 3.29. The number of hydrogen-bond donors (Lipinski definition) is 1. The van der Waals surface area contributed by atoms with Crippen LogP contribution in [0.15, 0.2) is 0 Å². The Balaban J connectivity index is 4.10. The SMILES string of the molecule is CCN(C(C)C)C(C)C(C)NC. The fourth-order valence-electron chi connectivity index (χ4n) is 1.65. The lowest BCUT2D eigenvalue weighted by Gasteiger charge is -2.35. The molecule has 1 N–H and O–H groups in total. The molecule has 0 fully saturated rings. The van der Waals surface area contributed by atoms with Crippen LogP contribution in [-0.2, 0) is 0 Å². The van der Waals surface area contributed by atoms with E-state index < -0.39 is 0 Å². The highest BCUT2D eigenvalue weighted by molar-refractivity contribution is 4.77. The van der Waals surface area contributed by atoms with Crippen LogP contribution in [0.25, 0.3) is 0 Å². The Hall–Kier alpha value is -0.0800. The molecule has 74 valence electrons. The lowest BCUT2D eigenvalue weighted by molar-refractivity contribution is 0.147. The summed E-state index contributed by atoms with van der Waals surface area (Å²) in [6, 6.07) is 1.81. The van der Waals surface area contributed by atoms with Crippen molar-refractivity contribution in [2.75, 3.05) is 13.6 Å². The zero-order valence-electron chi connectivity index (χ0n) is 9.39. The Labute approximate surface area is 77.3 Å². The summed E-state index contributed by atoms with van der Waals surface area (Å²) < 4.78 is 0. The van der Waals surface area contributed by atoms with E-state index in [1.807, 2.05) is 7.05 Å². The monoisotopic (exact) mass is 172 g/mol. The van der Waals surface area contributed by atoms with E-state index in [4.69, 9.17) is 0 Å². The largest absolute Gasteiger partial charge is 0.316 e. The van der Waals surface area contributed by atoms with E-state index >= 15 is 0 Å². The molecular weight excluding hydrogens is 148 g/mol. The number of rotatable bonds is 5. The summed E-state index contributed by atoms with van der Waals surface area (Å²) in [4.78, 5) is 2.50. The van der Waals surface area contributed by atoms with Crippen LogP contribution in [0.2, 0.25) is 0 Å². The molecule has 0 saturated carbocycles. The standard InChI is InChI=1S/C10H24N2/c1-7-12(8(2)3)10(5)9(4)11-6/h8-11H,7H2,1-6H3. The highest BCUT2D eigenvalue weighted by atomic mass is 15.2. The first-order valence-electron chi connectivity index (χ1n) is 4.97. The Kier molecular flexibility index (Phi) is 5.51. The van der Waals surface area contributed by atoms with Crippen molar-refractivity contribution in [2.24, 2.45) is 0 Å². The minimum atomic E-state index is 0.562. The second kappa shape index (κ2) is 5.55. The van der Waals surface area contributed by atoms with Crippen molar-refractivity contribution in [1.29, 1.82) is 0 Å². The van der Waals surface area contributed by atoms with Gasteiger partial charge in [0.25, 0.3) is 0 Å². The Bertz CT molecular complexity index is 112. The molecule has 2 heteroatoms. The molecule has 0 radical (unpaired) electrons. The molecule has 0 aliphatic heterocycles. The molecule has 0 saturated heterocycles. The molecule has 0 aliphatic rings. The van der Waals surface area contributed by atoms with E-state index in [0.29, 0.717) is 18.1 Å². The van der Waals surface area contributed by atoms with Crippen LogP contribution in [0.4, 0.5) is 0 Å². The van der Waals surface area contributed by atoms with Crippen LogP contribution in [-0.4, -0.2) is 36.6 Å². The third kappa shape index (κ3) is 3.11. The van der Waals surface area contributed by atoms with Crippen molar-refractivity contribution in [3.63, 3.8) is 0 Å². The minimum Gasteiger partial charge on any atom is -0.316 e. The van der Waals surface area contributed by atoms with Gasteiger partial charge in [-0.1, -0.05) is 6.92 Å². The lowest BCUT2D eigenvalue weighted by Crippen LogP contribution is -2.48. The normalized spacial score (nSPS) is 17.0. The quantitative estimate of drug-likeness (QED) is 0.679. The number of likely N-dealkylation sites (N-methyl/N-ethyl adjacent to an activating group) is 2. The van der Waals surface area contributed by atoms with E-state index in [-0.39, 0.29) is 0 Å². The fraction of sp³-hybridized carbons (Fsp3) is 1.00. The first kappa shape index (κ1) is 11.9. The molecule has 2 atom stereocenters. The van der Waals surface area contributed by atoms with Gasteiger partial charge in [-0.15, -0.1) is 0 Å². The summed E-state index contributed by atoms with van der Waals surface area (Å²) in [5.41, 5.74) is 0. The topological polar surface area (TPSA) is 15.3 Å². The summed E-state index contributed by atoms with van der Waals surface area (Å²) in [7, 11) is 2.02. The van der Waals surface area contributed by atoms with Gasteiger partial charge in [-0.3, -0.25) is 4.90 Å². The van der Waals surface area contributed by atoms with Crippen LogP contribution in [0.1, 0.15) is 34.6 Å². The van der Waals surface area contributed by atoms with Crippen LogP contribution < -0.4 is 5.32 Å². The zero-order chi connectivity index (χ0) is 9.72. The summed E-state index contributed by atoms with van der Waals surface area (Å²) in [6.45, 7) is 12.4. The molecule has 0 rings (SSSR count). The first-order valence-corrected chi connectivity index (χ1v) is 4.97. The van der Waals surface area contributed by atoms with Crippen molar-refractivity contribution in [1.82, 2.24) is 10.2 Å². The van der Waals surface area contributed by atoms with Crippen molar-refractivity contribution in [3.8, 4) is 0 Å². The Morgan fingerprint density at radius 3 is 1.92 bits per heavy atom. The second-order valence-corrected chi connectivity index (χ2v) is 3.74. The Morgan fingerprint density at radius 1 is 1.17 bits per heavy atom. The van der Waals surface area contributed by atoms with Gasteiger partial charge in [-0.05, 0) is 41.3 Å². The molecule has 0 spiro atoms. The van der Waals surface area contributed by atoms with Crippen LogP contribution >= 0.6 is 0 Å². The maximum absolute atomic E-state index is 3.29. The number of nitrogens with one attached hydrogen (secondary N) is 1. The molecule has 0 bridgehead atoms. The van der Waals surface area contributed by atoms with Gasteiger partial charge < -0.3 is 5.32 Å². The molecule has 0 amide bonds. The van der Waals surface area contributed by atoms with Gasteiger partial charge in [0, 0.05) is 18.1 Å². The summed E-state index contributed by atoms with van der Waals surface area (Å²) in [5, 5.41) is 3.29. The van der Waals surface area contributed by atoms with Gasteiger partial charge >= 0.3 is 0 Å². The van der Waals surface area contributed by atoms with E-state index in [9.17, 15) is 0 Å². The average Bonchev–Trinajstić information content (AvgIpc) is 2.03. The fourth-order valence-corrected chi connectivity index (χ4v) is 1.65. The van der Waals surface area contributed by atoms with E-state index in [1.165, 1.54) is 0 Å². The zero-order valence-corrected chi connectivity index (χ0v) is 9.39. The van der Waals surface area contributed by atoms with Gasteiger partial charge in [0.15, 0.2) is 0 Å². The molecule has 2 nitrogen and oxygen atoms in total. The molecule has 0 aliphatic carbocycles. The van der Waals surface area contributed by atoms with E-state index in [0.717, 1.165) is 6.54 Å². The third-order valence-electron chi connectivity index (χ3n) is 2.73. The summed E-state index contributed by atoms with van der Waals surface area (Å²) >= 11 is 0. The van der Waals surface area contributed by atoms with Gasteiger partial charge in [0.2, 0.25) is 0 Å². The molecular formula is C10H24N2. The number of nitrogens with zero attached hydrogens (tertiary/aromatic N) is 1. The predicted molar refractivity (Wildman–Crippen MR) is 55.5 cm³/mol. The van der Waals surface area contributed by atoms with Crippen LogP contribution in [0, 0.1) is 0 Å². The van der Waals surface area contributed by atoms with Crippen molar-refractivity contribution in [3.05, 3.63) is 0 Å². The third-order valence-corrected chi connectivity index (χ3v) is 2.73. The summed E-state index contributed by atoms with van der Waals surface area (Å²) in [6.07, 6.45) is 0. The molecule has 0 aromatic heterocycles. The molecule has 12 heavy (non-hydrogen) atoms. The highest BCUT2D eigenvalue weighted by Gasteiger charge is 2.19. The highest BCUT2D eigenvalue weighted by Crippen LogP contribution is 2.07. The maximum Gasteiger partial charge on any atom is 0.0220 e. The van der Waals surface area contributed by atoms with Gasteiger partial charge in [0.1, 0.15) is 0 Å². The Morgan fingerprint density at radius 2 is 1.67 bits per heavy atom. The van der Waals surface area contributed by atoms with Crippen LogP contribution in [0.3, 0.4) is 0 Å². The predicted octanol–water partition coefficient (Wildman–Crippen LogP) is 1.71. The van der Waals surface area contributed by atoms with Crippen molar-refractivity contribution in [2.45, 2.75) is 52.7 Å².